The van der Waals surface area contributed by atoms with Gasteiger partial charge < -0.3 is 35.4 Å². The molecule has 0 saturated carbocycles. The minimum absolute atomic E-state index is 0.107. The molecule has 2 amide bonds. The molecular weight excluding hydrogens is 496 g/mol. The number of nitrogens with one attached hydrogen (secondary N) is 2. The van der Waals surface area contributed by atoms with Gasteiger partial charge in [0, 0.05) is 6.42 Å². The van der Waals surface area contributed by atoms with E-state index >= 15 is 0 Å². The van der Waals surface area contributed by atoms with Crippen LogP contribution in [0.3, 0.4) is 0 Å². The molecule has 1 unspecified atom stereocenters. The van der Waals surface area contributed by atoms with Crippen LogP contribution in [0.1, 0.15) is 89.5 Å². The summed E-state index contributed by atoms with van der Waals surface area (Å²) in [5, 5.41) is 8.67. The van der Waals surface area contributed by atoms with Crippen molar-refractivity contribution in [3.63, 3.8) is 0 Å². The van der Waals surface area contributed by atoms with E-state index in [2.05, 4.69) is 15.8 Å². The first-order valence-electron chi connectivity index (χ1n) is 12.7. The Kier molecular flexibility index (Phi) is 13.4. The summed E-state index contributed by atoms with van der Waals surface area (Å²) in [7, 11) is 0. The maximum atomic E-state index is 12.9. The van der Waals surface area contributed by atoms with Gasteiger partial charge in [-0.2, -0.15) is 0 Å². The number of nitrogens with zero attached hydrogens (tertiary/aromatic N) is 1. The number of amidine groups is 1. The zero-order valence-corrected chi connectivity index (χ0v) is 25.0. The molecule has 4 atom stereocenters. The van der Waals surface area contributed by atoms with E-state index in [-0.39, 0.29) is 24.6 Å². The van der Waals surface area contributed by atoms with E-state index in [0.29, 0.717) is 0 Å². The standard InChI is InChI=1S/C26H48N4O8/c1-15(14-35-24(4,5)6)21(32)38-30-20(27)18(13-16(2)31)28-23(34)29-19(17(3)36-25(7,8)9)22(33)37-26(10,11)12/h15,17-19H,13-14H2,1-12H3,(H2,27,30)(H2,28,29,34)/t15-,17?,18-,19-/m0/s1. The molecule has 0 fully saturated rings. The van der Waals surface area contributed by atoms with Crippen LogP contribution in [0.15, 0.2) is 5.16 Å². The van der Waals surface area contributed by atoms with Crippen molar-refractivity contribution in [3.8, 4) is 0 Å². The van der Waals surface area contributed by atoms with Gasteiger partial charge in [-0.25, -0.2) is 14.4 Å². The number of hydrogen-bond acceptors (Lipinski definition) is 9. The highest BCUT2D eigenvalue weighted by Crippen LogP contribution is 2.17. The zero-order chi connectivity index (χ0) is 30.1. The number of nitrogens with two attached hydrogens (primary N) is 1. The highest BCUT2D eigenvalue weighted by molar-refractivity contribution is 5.94. The van der Waals surface area contributed by atoms with Crippen LogP contribution >= 0.6 is 0 Å². The van der Waals surface area contributed by atoms with Crippen LogP contribution in [0.2, 0.25) is 0 Å². The summed E-state index contributed by atoms with van der Waals surface area (Å²) in [5.74, 6) is -2.64. The Bertz CT molecular complexity index is 853. The van der Waals surface area contributed by atoms with Crippen molar-refractivity contribution in [2.75, 3.05) is 6.61 Å². The number of ether oxygens (including phenoxy) is 3. The Morgan fingerprint density at radius 2 is 1.39 bits per heavy atom. The number of carbonyl (C=O) groups excluding carboxylic acids is 4. The van der Waals surface area contributed by atoms with Crippen molar-refractivity contribution < 1.29 is 38.2 Å². The van der Waals surface area contributed by atoms with Crippen LogP contribution in [0.5, 0.6) is 0 Å². The van der Waals surface area contributed by atoms with E-state index in [9.17, 15) is 19.2 Å². The Morgan fingerprint density at radius 1 is 0.842 bits per heavy atom. The molecule has 220 valence electrons. The number of ketones is 1. The number of carbonyl (C=O) groups is 4. The quantitative estimate of drug-likeness (QED) is 0.110. The van der Waals surface area contributed by atoms with Gasteiger partial charge in [-0.15, -0.1) is 0 Å². The van der Waals surface area contributed by atoms with Gasteiger partial charge in [0.25, 0.3) is 0 Å². The van der Waals surface area contributed by atoms with Gasteiger partial charge in [-0.1, -0.05) is 5.16 Å². The third-order valence-electron chi connectivity index (χ3n) is 4.52. The fraction of sp³-hybridized carbons (Fsp3) is 0.808. The number of esters is 1. The molecule has 0 bridgehead atoms. The molecule has 0 heterocycles. The minimum Gasteiger partial charge on any atom is -0.458 e. The minimum atomic E-state index is -1.17. The molecule has 0 saturated heterocycles. The normalized spacial score (nSPS) is 16.1. The van der Waals surface area contributed by atoms with E-state index in [0.717, 1.165) is 0 Å². The molecule has 0 radical (unpaired) electrons. The summed E-state index contributed by atoms with van der Waals surface area (Å²) in [6, 6.07) is -3.11. The first-order valence-corrected chi connectivity index (χ1v) is 12.7. The summed E-state index contributed by atoms with van der Waals surface area (Å²) in [6.45, 7) is 20.8. The van der Waals surface area contributed by atoms with Crippen LogP contribution in [-0.2, 0) is 33.4 Å². The van der Waals surface area contributed by atoms with Gasteiger partial charge in [0.1, 0.15) is 11.4 Å². The Balaban J connectivity index is 5.58. The van der Waals surface area contributed by atoms with E-state index < -0.39 is 58.9 Å². The Hall–Kier alpha value is -2.73. The topological polar surface area (TPSA) is 168 Å². The number of hydrogen-bond donors (Lipinski definition) is 3. The molecular formula is C26H48N4O8. The van der Waals surface area contributed by atoms with Crippen molar-refractivity contribution in [1.82, 2.24) is 10.6 Å². The second-order valence-electron chi connectivity index (χ2n) is 12.3. The molecule has 0 rings (SSSR count). The van der Waals surface area contributed by atoms with Gasteiger partial charge in [0.05, 0.1) is 35.9 Å². The number of urea groups is 1. The van der Waals surface area contributed by atoms with Gasteiger partial charge in [-0.3, -0.25) is 4.79 Å². The van der Waals surface area contributed by atoms with Gasteiger partial charge >= 0.3 is 18.0 Å². The lowest BCUT2D eigenvalue weighted by Crippen LogP contribution is -2.57. The molecule has 0 aliphatic carbocycles. The van der Waals surface area contributed by atoms with Crippen LogP contribution in [0.25, 0.3) is 0 Å². The van der Waals surface area contributed by atoms with Gasteiger partial charge in [0.2, 0.25) is 0 Å². The average Bonchev–Trinajstić information content (AvgIpc) is 2.69. The highest BCUT2D eigenvalue weighted by atomic mass is 16.7. The van der Waals surface area contributed by atoms with Crippen molar-refractivity contribution in [1.29, 1.82) is 0 Å². The van der Waals surface area contributed by atoms with Crippen molar-refractivity contribution in [3.05, 3.63) is 0 Å². The van der Waals surface area contributed by atoms with E-state index in [1.54, 1.807) is 34.6 Å². The van der Waals surface area contributed by atoms with E-state index in [1.165, 1.54) is 6.92 Å². The summed E-state index contributed by atoms with van der Waals surface area (Å²) < 4.78 is 16.9. The number of amides is 2. The molecule has 0 aromatic heterocycles. The molecule has 0 spiro atoms. The summed E-state index contributed by atoms with van der Waals surface area (Å²) >= 11 is 0. The molecule has 0 aliphatic rings. The van der Waals surface area contributed by atoms with Crippen LogP contribution in [-0.4, -0.2) is 71.2 Å². The van der Waals surface area contributed by atoms with Crippen molar-refractivity contribution in [2.24, 2.45) is 16.8 Å². The lowest BCUT2D eigenvalue weighted by atomic mass is 10.1. The average molecular weight is 545 g/mol. The molecule has 38 heavy (non-hydrogen) atoms. The van der Waals surface area contributed by atoms with Crippen molar-refractivity contribution in [2.45, 2.75) is 124 Å². The maximum Gasteiger partial charge on any atom is 0.340 e. The third kappa shape index (κ3) is 16.2. The fourth-order valence-electron chi connectivity index (χ4n) is 2.91. The smallest absolute Gasteiger partial charge is 0.340 e. The summed E-state index contributed by atoms with van der Waals surface area (Å²) in [4.78, 5) is 54.7. The van der Waals surface area contributed by atoms with Gasteiger partial charge in [-0.05, 0) is 83.1 Å². The second kappa shape index (κ2) is 14.4. The third-order valence-corrected chi connectivity index (χ3v) is 4.52. The molecule has 12 heteroatoms. The summed E-state index contributed by atoms with van der Waals surface area (Å²) in [6.07, 6.45) is -0.987. The highest BCUT2D eigenvalue weighted by Gasteiger charge is 2.35. The first kappa shape index (κ1) is 35.3. The number of oxime groups is 1. The summed E-state index contributed by atoms with van der Waals surface area (Å²) in [5.41, 5.74) is 4.11. The van der Waals surface area contributed by atoms with Crippen LogP contribution in [0.4, 0.5) is 4.79 Å². The zero-order valence-electron chi connectivity index (χ0n) is 25.0. The largest absolute Gasteiger partial charge is 0.458 e. The predicted molar refractivity (Wildman–Crippen MR) is 143 cm³/mol. The maximum absolute atomic E-state index is 12.9. The van der Waals surface area contributed by atoms with E-state index in [1.807, 2.05) is 41.5 Å². The van der Waals surface area contributed by atoms with E-state index in [4.69, 9.17) is 24.8 Å². The monoisotopic (exact) mass is 544 g/mol. The number of Topliss-reactive ketones (excluding diaryl/α,β-unsaturated/α-hetero) is 1. The molecule has 0 aromatic rings. The van der Waals surface area contributed by atoms with Crippen LogP contribution < -0.4 is 16.4 Å². The predicted octanol–water partition coefficient (Wildman–Crippen LogP) is 2.81. The Labute approximate surface area is 226 Å². The lowest BCUT2D eigenvalue weighted by Gasteiger charge is -2.32. The number of rotatable bonds is 12. The molecule has 12 nitrogen and oxygen atoms in total. The Morgan fingerprint density at radius 3 is 1.84 bits per heavy atom. The van der Waals surface area contributed by atoms with Crippen molar-refractivity contribution >= 4 is 29.6 Å². The molecule has 0 aliphatic heterocycles. The second-order valence-corrected chi connectivity index (χ2v) is 12.3. The molecule has 0 aromatic carbocycles. The SMILES string of the molecule is CC(=O)C[C@H](NC(=O)N[C@H](C(=O)OC(C)(C)C)C(C)OC(C)(C)C)/C(N)=N/OC(=O)[C@@H](C)COC(C)(C)C. The lowest BCUT2D eigenvalue weighted by molar-refractivity contribution is -0.164. The van der Waals surface area contributed by atoms with Crippen LogP contribution in [0, 0.1) is 5.92 Å². The first-order chi connectivity index (χ1) is 17.0. The fourth-order valence-corrected chi connectivity index (χ4v) is 2.91. The molecule has 4 N–H and O–H groups in total. The van der Waals surface area contributed by atoms with Gasteiger partial charge in [0.15, 0.2) is 11.9 Å².